The molecule has 0 bridgehead atoms. The largest absolute Gasteiger partial charge is 0.385 e. The van der Waals surface area contributed by atoms with Gasteiger partial charge in [0.1, 0.15) is 0 Å². The van der Waals surface area contributed by atoms with Crippen LogP contribution in [0.15, 0.2) is 24.3 Å². The van der Waals surface area contributed by atoms with Gasteiger partial charge in [0, 0.05) is 37.4 Å². The van der Waals surface area contributed by atoms with Gasteiger partial charge in [-0.2, -0.15) is 0 Å². The molecule has 1 atom stereocenters. The minimum Gasteiger partial charge on any atom is -0.385 e. The minimum absolute atomic E-state index is 0.251. The Morgan fingerprint density at radius 2 is 2.00 bits per heavy atom. The summed E-state index contributed by atoms with van der Waals surface area (Å²) < 4.78 is 0. The second-order valence-corrected chi connectivity index (χ2v) is 6.35. The molecule has 21 heavy (non-hydrogen) atoms. The molecular weight excluding hydrogens is 262 g/mol. The van der Waals surface area contributed by atoms with E-state index in [0.717, 1.165) is 36.8 Å². The maximum Gasteiger partial charge on any atom is 0.227 e. The zero-order valence-electron chi connectivity index (χ0n) is 12.8. The van der Waals surface area contributed by atoms with E-state index in [0.29, 0.717) is 6.42 Å². The monoisotopic (exact) mass is 287 g/mol. The van der Waals surface area contributed by atoms with Gasteiger partial charge in [-0.3, -0.25) is 4.79 Å². The van der Waals surface area contributed by atoms with Crippen molar-refractivity contribution >= 4 is 17.3 Å². The molecule has 1 aromatic rings. The summed E-state index contributed by atoms with van der Waals surface area (Å²) in [5.41, 5.74) is 2.18. The molecule has 0 radical (unpaired) electrons. The lowest BCUT2D eigenvalue weighted by Gasteiger charge is -2.30. The van der Waals surface area contributed by atoms with Crippen molar-refractivity contribution in [3.05, 3.63) is 24.3 Å². The van der Waals surface area contributed by atoms with Crippen molar-refractivity contribution in [1.82, 2.24) is 4.90 Å². The summed E-state index contributed by atoms with van der Waals surface area (Å²) in [6.07, 6.45) is 4.29. The van der Waals surface area contributed by atoms with Crippen LogP contribution >= 0.6 is 0 Å². The first-order valence-electron chi connectivity index (χ1n) is 8.05. The van der Waals surface area contributed by atoms with Crippen LogP contribution in [-0.4, -0.2) is 44.0 Å². The first kappa shape index (κ1) is 14.4. The van der Waals surface area contributed by atoms with Gasteiger partial charge in [-0.05, 0) is 63.0 Å². The van der Waals surface area contributed by atoms with E-state index in [-0.39, 0.29) is 5.91 Å². The Bertz CT molecular complexity index is 485. The first-order valence-corrected chi connectivity index (χ1v) is 8.05. The molecule has 4 heteroatoms. The van der Waals surface area contributed by atoms with Crippen molar-refractivity contribution in [2.24, 2.45) is 5.92 Å². The van der Waals surface area contributed by atoms with Gasteiger partial charge >= 0.3 is 0 Å². The van der Waals surface area contributed by atoms with Crippen molar-refractivity contribution in [3.8, 4) is 0 Å². The predicted octanol–water partition coefficient (Wildman–Crippen LogP) is 2.57. The van der Waals surface area contributed by atoms with Gasteiger partial charge in [-0.25, -0.2) is 0 Å². The van der Waals surface area contributed by atoms with E-state index in [2.05, 4.69) is 41.5 Å². The number of nitrogens with one attached hydrogen (secondary N) is 1. The predicted molar refractivity (Wildman–Crippen MR) is 86.7 cm³/mol. The minimum atomic E-state index is 0.251. The van der Waals surface area contributed by atoms with Gasteiger partial charge in [0.2, 0.25) is 5.91 Å². The standard InChI is InChI=1S/C17H25N3O/c1-19-10-2-4-14(13-19)12-18-15-6-8-16(9-7-15)20-11-3-5-17(20)21/h6-9,14,18H,2-5,10-13H2,1H3. The molecule has 114 valence electrons. The number of hydrogen-bond donors (Lipinski definition) is 1. The van der Waals surface area contributed by atoms with Crippen LogP contribution < -0.4 is 10.2 Å². The summed E-state index contributed by atoms with van der Waals surface area (Å²) in [7, 11) is 2.20. The van der Waals surface area contributed by atoms with Crippen LogP contribution in [0.5, 0.6) is 0 Å². The van der Waals surface area contributed by atoms with Crippen LogP contribution in [0.25, 0.3) is 0 Å². The third-order valence-corrected chi connectivity index (χ3v) is 4.57. The molecule has 1 amide bonds. The number of nitrogens with zero attached hydrogens (tertiary/aromatic N) is 2. The molecule has 2 saturated heterocycles. The van der Waals surface area contributed by atoms with E-state index in [4.69, 9.17) is 0 Å². The number of rotatable bonds is 4. The summed E-state index contributed by atoms with van der Waals surface area (Å²) in [5, 5.41) is 3.53. The number of anilines is 2. The van der Waals surface area contributed by atoms with Crippen molar-refractivity contribution in [1.29, 1.82) is 0 Å². The quantitative estimate of drug-likeness (QED) is 0.924. The van der Waals surface area contributed by atoms with Gasteiger partial charge in [-0.1, -0.05) is 0 Å². The molecule has 1 unspecified atom stereocenters. The smallest absolute Gasteiger partial charge is 0.227 e. The van der Waals surface area contributed by atoms with E-state index < -0.39 is 0 Å². The second-order valence-electron chi connectivity index (χ2n) is 6.35. The van der Waals surface area contributed by atoms with Crippen LogP contribution in [0.4, 0.5) is 11.4 Å². The summed E-state index contributed by atoms with van der Waals surface area (Å²) in [4.78, 5) is 16.0. The Morgan fingerprint density at radius 3 is 2.67 bits per heavy atom. The number of carbonyl (C=O) groups is 1. The van der Waals surface area contributed by atoms with E-state index in [9.17, 15) is 4.79 Å². The van der Waals surface area contributed by atoms with Crippen LogP contribution in [0.2, 0.25) is 0 Å². The fourth-order valence-electron chi connectivity index (χ4n) is 3.38. The molecule has 1 N–H and O–H groups in total. The summed E-state index contributed by atoms with van der Waals surface area (Å²) >= 11 is 0. The third kappa shape index (κ3) is 3.56. The molecule has 2 aliphatic heterocycles. The molecule has 0 aromatic heterocycles. The number of benzene rings is 1. The number of piperidine rings is 1. The number of carbonyl (C=O) groups excluding carboxylic acids is 1. The number of hydrogen-bond acceptors (Lipinski definition) is 3. The maximum atomic E-state index is 11.7. The number of likely N-dealkylation sites (tertiary alicyclic amines) is 1. The third-order valence-electron chi connectivity index (χ3n) is 4.57. The highest BCUT2D eigenvalue weighted by Gasteiger charge is 2.21. The Kier molecular flexibility index (Phi) is 4.44. The zero-order chi connectivity index (χ0) is 14.7. The van der Waals surface area contributed by atoms with Crippen LogP contribution in [0, 0.1) is 5.92 Å². The highest BCUT2D eigenvalue weighted by Crippen LogP contribution is 2.23. The second kappa shape index (κ2) is 6.48. The van der Waals surface area contributed by atoms with Crippen molar-refractivity contribution in [2.75, 3.05) is 43.4 Å². The summed E-state index contributed by atoms with van der Waals surface area (Å²) in [6, 6.07) is 8.29. The maximum absolute atomic E-state index is 11.7. The average Bonchev–Trinajstić information content (AvgIpc) is 2.92. The summed E-state index contributed by atoms with van der Waals surface area (Å²) in [5.74, 6) is 0.990. The molecule has 4 nitrogen and oxygen atoms in total. The molecule has 2 heterocycles. The topological polar surface area (TPSA) is 35.6 Å². The first-order chi connectivity index (χ1) is 10.2. The van der Waals surface area contributed by atoms with E-state index in [1.807, 2.05) is 4.90 Å². The lowest BCUT2D eigenvalue weighted by molar-refractivity contribution is -0.117. The molecule has 0 aliphatic carbocycles. The highest BCUT2D eigenvalue weighted by atomic mass is 16.2. The molecular formula is C17H25N3O. The van der Waals surface area contributed by atoms with Crippen LogP contribution in [0.1, 0.15) is 25.7 Å². The van der Waals surface area contributed by atoms with E-state index in [1.54, 1.807) is 0 Å². The Morgan fingerprint density at radius 1 is 1.19 bits per heavy atom. The average molecular weight is 287 g/mol. The molecule has 2 fully saturated rings. The Balaban J connectivity index is 1.53. The van der Waals surface area contributed by atoms with Crippen molar-refractivity contribution < 1.29 is 4.79 Å². The van der Waals surface area contributed by atoms with Crippen LogP contribution in [0.3, 0.4) is 0 Å². The Labute approximate surface area is 127 Å². The lowest BCUT2D eigenvalue weighted by atomic mass is 9.98. The van der Waals surface area contributed by atoms with Crippen LogP contribution in [-0.2, 0) is 4.79 Å². The fraction of sp³-hybridized carbons (Fsp3) is 0.588. The highest BCUT2D eigenvalue weighted by molar-refractivity contribution is 5.95. The zero-order valence-corrected chi connectivity index (χ0v) is 12.8. The molecule has 3 rings (SSSR count). The van der Waals surface area contributed by atoms with Crippen molar-refractivity contribution in [2.45, 2.75) is 25.7 Å². The summed E-state index contributed by atoms with van der Waals surface area (Å²) in [6.45, 7) is 4.31. The van der Waals surface area contributed by atoms with Gasteiger partial charge in [0.05, 0.1) is 0 Å². The molecule has 0 saturated carbocycles. The van der Waals surface area contributed by atoms with E-state index in [1.165, 1.54) is 25.9 Å². The van der Waals surface area contributed by atoms with E-state index >= 15 is 0 Å². The normalized spacial score (nSPS) is 23.6. The van der Waals surface area contributed by atoms with Gasteiger partial charge < -0.3 is 15.1 Å². The Hall–Kier alpha value is -1.55. The molecule has 1 aromatic carbocycles. The van der Waals surface area contributed by atoms with Crippen molar-refractivity contribution in [3.63, 3.8) is 0 Å². The van der Waals surface area contributed by atoms with Gasteiger partial charge in [-0.15, -0.1) is 0 Å². The number of amides is 1. The molecule has 2 aliphatic rings. The molecule has 0 spiro atoms. The fourth-order valence-corrected chi connectivity index (χ4v) is 3.38. The van der Waals surface area contributed by atoms with Gasteiger partial charge in [0.15, 0.2) is 0 Å². The lowest BCUT2D eigenvalue weighted by Crippen LogP contribution is -2.35. The SMILES string of the molecule is CN1CCCC(CNc2ccc(N3CCCC3=O)cc2)C1. The van der Waals surface area contributed by atoms with Gasteiger partial charge in [0.25, 0.3) is 0 Å².